The Kier molecular flexibility index (Phi) is 8.79. The van der Waals surface area contributed by atoms with Crippen molar-refractivity contribution in [2.24, 2.45) is 7.05 Å². The number of amides is 1. The first-order valence-corrected chi connectivity index (χ1v) is 15.7. The SMILES string of the molecule is Cc1nc2c3c(c(C(F)(F)F)cc2n1C)-c1cccc2c(C(=O)c4cc(F)c(NC(=O)/C=C/CNC(C)(C)CF)c(F)c4)cn(c12)CCN3C. The van der Waals surface area contributed by atoms with Gasteiger partial charge in [0, 0.05) is 79.2 Å². The van der Waals surface area contributed by atoms with Crippen LogP contribution in [0.15, 0.2) is 54.7 Å². The number of hydrogen-bond donors (Lipinski definition) is 2. The number of rotatable bonds is 8. The van der Waals surface area contributed by atoms with Crippen molar-refractivity contribution in [2.75, 3.05) is 37.0 Å². The summed E-state index contributed by atoms with van der Waals surface area (Å²) in [6.07, 6.45) is -0.839. The number of aryl methyl sites for hydroxylation is 2. The maximum atomic E-state index is 15.2. The Hall–Kier alpha value is -5.11. The molecule has 8 nitrogen and oxygen atoms in total. The summed E-state index contributed by atoms with van der Waals surface area (Å²) in [6.45, 7) is 5.00. The molecule has 0 fully saturated rings. The quantitative estimate of drug-likeness (QED) is 0.101. The van der Waals surface area contributed by atoms with E-state index in [0.29, 0.717) is 33.4 Å². The van der Waals surface area contributed by atoms with Gasteiger partial charge in [0.1, 0.15) is 35.3 Å². The van der Waals surface area contributed by atoms with Crippen molar-refractivity contribution in [3.8, 4) is 11.1 Å². The summed E-state index contributed by atoms with van der Waals surface area (Å²) in [5.41, 5.74) is -1.20. The molecule has 3 heterocycles. The lowest BCUT2D eigenvalue weighted by Crippen LogP contribution is -2.41. The molecule has 0 saturated carbocycles. The summed E-state index contributed by atoms with van der Waals surface area (Å²) in [5, 5.41) is 5.29. The van der Waals surface area contributed by atoms with E-state index in [9.17, 15) is 27.2 Å². The van der Waals surface area contributed by atoms with Crippen molar-refractivity contribution in [3.63, 3.8) is 0 Å². The largest absolute Gasteiger partial charge is 0.417 e. The molecular weight excluding hydrogens is 662 g/mol. The number of para-hydroxylation sites is 1. The summed E-state index contributed by atoms with van der Waals surface area (Å²) in [6, 6.07) is 7.37. The molecular formula is C36H34F6N6O2. The summed E-state index contributed by atoms with van der Waals surface area (Å²) >= 11 is 0. The standard InChI is InChI=1S/C36H34F6N6O2/c1-19-44-31-27(47(19)5)16-24(36(40,41)42)29-22-9-6-8-21-23(17-48(32(21)22)13-12-46(4)33(29)31)34(50)20-14-25(38)30(26(39)15-20)45-28(49)10-7-11-43-35(2,3)18-37/h6-10,14-17,43H,11-13,18H2,1-5H3,(H,45,49)/b10-7+. The maximum Gasteiger partial charge on any atom is 0.417 e. The van der Waals surface area contributed by atoms with Crippen molar-refractivity contribution >= 4 is 45.0 Å². The van der Waals surface area contributed by atoms with E-state index < -0.39 is 53.0 Å². The van der Waals surface area contributed by atoms with Crippen LogP contribution in [0.2, 0.25) is 0 Å². The van der Waals surface area contributed by atoms with Gasteiger partial charge in [0.15, 0.2) is 5.78 Å². The van der Waals surface area contributed by atoms with Crippen LogP contribution in [0, 0.1) is 18.6 Å². The number of hydrogen-bond acceptors (Lipinski definition) is 5. The van der Waals surface area contributed by atoms with E-state index in [1.165, 1.54) is 12.3 Å². The highest BCUT2D eigenvalue weighted by Crippen LogP contribution is 2.49. The summed E-state index contributed by atoms with van der Waals surface area (Å²) in [5.74, 6) is -3.46. The van der Waals surface area contributed by atoms with Crippen LogP contribution in [0.25, 0.3) is 33.1 Å². The number of carbonyl (C=O) groups excluding carboxylic acids is 2. The molecule has 2 N–H and O–H groups in total. The Labute approximate surface area is 283 Å². The lowest BCUT2D eigenvalue weighted by Gasteiger charge is -2.29. The van der Waals surface area contributed by atoms with Crippen molar-refractivity contribution in [1.29, 1.82) is 0 Å². The Morgan fingerprint density at radius 3 is 2.40 bits per heavy atom. The topological polar surface area (TPSA) is 84.2 Å². The van der Waals surface area contributed by atoms with Gasteiger partial charge in [-0.1, -0.05) is 24.3 Å². The third kappa shape index (κ3) is 6.12. The second-order valence-corrected chi connectivity index (χ2v) is 13.0. The van der Waals surface area contributed by atoms with E-state index in [1.54, 1.807) is 67.1 Å². The number of imidazole rings is 1. The number of aromatic nitrogens is 3. The minimum Gasteiger partial charge on any atom is -0.370 e. The molecule has 6 rings (SSSR count). The predicted octanol–water partition coefficient (Wildman–Crippen LogP) is 7.31. The summed E-state index contributed by atoms with van der Waals surface area (Å²) in [7, 11) is 3.35. The van der Waals surface area contributed by atoms with Gasteiger partial charge >= 0.3 is 6.18 Å². The van der Waals surface area contributed by atoms with Crippen LogP contribution in [0.4, 0.5) is 37.7 Å². The van der Waals surface area contributed by atoms with E-state index in [1.807, 2.05) is 0 Å². The highest BCUT2D eigenvalue weighted by Gasteiger charge is 2.39. The van der Waals surface area contributed by atoms with Gasteiger partial charge in [0.25, 0.3) is 0 Å². The molecule has 5 aromatic rings. The predicted molar refractivity (Wildman–Crippen MR) is 180 cm³/mol. The summed E-state index contributed by atoms with van der Waals surface area (Å²) in [4.78, 5) is 32.5. The van der Waals surface area contributed by atoms with Gasteiger partial charge in [0.2, 0.25) is 5.91 Å². The molecule has 0 saturated heterocycles. The molecule has 3 aromatic carbocycles. The average molecular weight is 697 g/mol. The molecule has 1 amide bonds. The van der Waals surface area contributed by atoms with Gasteiger partial charge in [0.05, 0.1) is 22.3 Å². The van der Waals surface area contributed by atoms with Crippen molar-refractivity contribution in [3.05, 3.63) is 88.9 Å². The molecule has 0 spiro atoms. The van der Waals surface area contributed by atoms with E-state index in [2.05, 4.69) is 15.6 Å². The molecule has 50 heavy (non-hydrogen) atoms. The highest BCUT2D eigenvalue weighted by atomic mass is 19.4. The lowest BCUT2D eigenvalue weighted by atomic mass is 9.92. The van der Waals surface area contributed by atoms with Crippen LogP contribution < -0.4 is 15.5 Å². The second-order valence-electron chi connectivity index (χ2n) is 13.0. The van der Waals surface area contributed by atoms with E-state index in [4.69, 9.17) is 0 Å². The second kappa shape index (κ2) is 12.7. The smallest absolute Gasteiger partial charge is 0.370 e. The molecule has 2 aromatic heterocycles. The number of anilines is 2. The number of alkyl halides is 4. The molecule has 0 radical (unpaired) electrons. The molecule has 14 heteroatoms. The minimum absolute atomic E-state index is 0.0403. The van der Waals surface area contributed by atoms with Crippen LogP contribution in [0.3, 0.4) is 0 Å². The van der Waals surface area contributed by atoms with Crippen LogP contribution in [0.1, 0.15) is 41.2 Å². The van der Waals surface area contributed by atoms with Gasteiger partial charge in [-0.2, -0.15) is 13.2 Å². The van der Waals surface area contributed by atoms with Gasteiger partial charge in [-0.15, -0.1) is 0 Å². The Balaban J connectivity index is 1.41. The average Bonchev–Trinajstić information content (AvgIpc) is 3.57. The Morgan fingerprint density at radius 2 is 1.74 bits per heavy atom. The van der Waals surface area contributed by atoms with Crippen molar-refractivity contribution < 1.29 is 35.9 Å². The zero-order chi connectivity index (χ0) is 36.3. The zero-order valence-electron chi connectivity index (χ0n) is 27.9. The first kappa shape index (κ1) is 34.7. The molecule has 0 aliphatic carbocycles. The fraction of sp³-hybridized carbons (Fsp3) is 0.306. The van der Waals surface area contributed by atoms with Crippen LogP contribution in [0.5, 0.6) is 0 Å². The highest BCUT2D eigenvalue weighted by molar-refractivity contribution is 6.19. The number of nitrogens with zero attached hydrogens (tertiary/aromatic N) is 4. The number of ketones is 1. The van der Waals surface area contributed by atoms with E-state index in [0.717, 1.165) is 24.3 Å². The maximum absolute atomic E-state index is 15.2. The molecule has 1 aliphatic rings. The molecule has 1 aliphatic heterocycles. The number of nitrogens with one attached hydrogen (secondary N) is 2. The molecule has 0 bridgehead atoms. The van der Waals surface area contributed by atoms with Gasteiger partial charge in [-0.25, -0.2) is 18.2 Å². The monoisotopic (exact) mass is 696 g/mol. The zero-order valence-corrected chi connectivity index (χ0v) is 27.9. The number of benzene rings is 3. The normalized spacial score (nSPS) is 13.6. The Morgan fingerprint density at radius 1 is 1.04 bits per heavy atom. The molecule has 0 unspecified atom stereocenters. The Bertz CT molecular complexity index is 2190. The number of carbonyl (C=O) groups is 2. The third-order valence-electron chi connectivity index (χ3n) is 9.00. The fourth-order valence-electron chi connectivity index (χ4n) is 6.27. The van der Waals surface area contributed by atoms with Crippen LogP contribution in [-0.2, 0) is 24.6 Å². The number of halogens is 6. The van der Waals surface area contributed by atoms with Crippen molar-refractivity contribution in [2.45, 2.75) is 39.0 Å². The third-order valence-corrected chi connectivity index (χ3v) is 9.00. The van der Waals surface area contributed by atoms with Crippen LogP contribution >= 0.6 is 0 Å². The van der Waals surface area contributed by atoms with Crippen LogP contribution in [-0.4, -0.2) is 58.2 Å². The number of likely N-dealkylation sites (N-methyl/N-ethyl adjacent to an activating group) is 1. The van der Waals surface area contributed by atoms with Gasteiger partial charge < -0.3 is 24.7 Å². The number of fused-ring (bicyclic) bond motifs is 4. The van der Waals surface area contributed by atoms with Gasteiger partial charge in [-0.05, 0) is 39.0 Å². The summed E-state index contributed by atoms with van der Waals surface area (Å²) < 4.78 is 91.1. The molecule has 262 valence electrons. The van der Waals surface area contributed by atoms with Gasteiger partial charge in [-0.3, -0.25) is 9.59 Å². The fourth-order valence-corrected chi connectivity index (χ4v) is 6.27. The van der Waals surface area contributed by atoms with E-state index in [-0.39, 0.29) is 41.9 Å². The van der Waals surface area contributed by atoms with E-state index >= 15 is 8.78 Å². The lowest BCUT2D eigenvalue weighted by molar-refractivity contribution is -0.137. The van der Waals surface area contributed by atoms with Crippen molar-refractivity contribution in [1.82, 2.24) is 19.4 Å². The first-order chi connectivity index (χ1) is 23.5. The molecule has 0 atom stereocenters. The minimum atomic E-state index is -4.74. The first-order valence-electron chi connectivity index (χ1n) is 15.7.